The van der Waals surface area contributed by atoms with Crippen LogP contribution in [0, 0.1) is 58.6 Å². The third kappa shape index (κ3) is 29.2. The van der Waals surface area contributed by atoms with E-state index < -0.39 is 51.6 Å². The van der Waals surface area contributed by atoms with Crippen molar-refractivity contribution in [2.75, 3.05) is 236 Å². The van der Waals surface area contributed by atoms with Crippen molar-refractivity contribution in [3.63, 3.8) is 0 Å². The number of alkyl halides is 3. The fourth-order valence-corrected chi connectivity index (χ4v) is 15.6. The molecule has 7 aliphatic heterocycles. The predicted octanol–water partition coefficient (Wildman–Crippen LogP) is 12.0. The number of nitrogens with two attached hydrogens (primary N) is 1. The molecule has 7 heterocycles. The second-order valence-electron chi connectivity index (χ2n) is 29.4. The van der Waals surface area contributed by atoms with Gasteiger partial charge in [-0.3, -0.25) is 38.5 Å². The van der Waals surface area contributed by atoms with Crippen LogP contribution in [0.15, 0.2) is 143 Å². The summed E-state index contributed by atoms with van der Waals surface area (Å²) < 4.78 is 136. The number of hydroxylamine groups is 8. The molecule has 10 unspecified atom stereocenters. The number of aliphatic hydroxyl groups excluding tert-OH is 2. The second kappa shape index (κ2) is 55.9. The van der Waals surface area contributed by atoms with E-state index in [1.54, 1.807) is 94.9 Å². The van der Waals surface area contributed by atoms with Gasteiger partial charge in [0.05, 0.1) is 153 Å². The molecule has 29 nitrogen and oxygen atoms in total. The van der Waals surface area contributed by atoms with E-state index >= 15 is 0 Å². The maximum absolute atomic E-state index is 14.5. The van der Waals surface area contributed by atoms with Gasteiger partial charge in [-0.1, -0.05) is 75.9 Å². The first kappa shape index (κ1) is 115. The largest absolute Gasteiger partial charge is 0.396 e. The molecule has 0 bridgehead atoms. The summed E-state index contributed by atoms with van der Waals surface area (Å²) in [7, 11) is 20.2. The van der Waals surface area contributed by atoms with Gasteiger partial charge >= 0.3 is 0 Å². The number of ether oxygens (including phenoxy) is 7. The van der Waals surface area contributed by atoms with Gasteiger partial charge in [-0.25, -0.2) is 40.9 Å². The Kier molecular flexibility index (Phi) is 49.8. The van der Waals surface area contributed by atoms with Crippen LogP contribution in [-0.4, -0.2) is 279 Å². The maximum atomic E-state index is 14.5. The van der Waals surface area contributed by atoms with Crippen molar-refractivity contribution < 1.29 is 117 Å². The smallest absolute Gasteiger partial charge is 0.271 e. The lowest BCUT2D eigenvalue weighted by atomic mass is 9.79. The number of aliphatic hydroxyl groups is 2. The van der Waals surface area contributed by atoms with Crippen LogP contribution in [0.25, 0.3) is 0 Å². The number of likely N-dealkylation sites (N-methyl/N-ethyl adjacent to an activating group) is 5. The number of carbonyl (C=O) groups is 5. The Morgan fingerprint density at radius 1 is 0.535 bits per heavy atom. The van der Waals surface area contributed by atoms with Gasteiger partial charge < -0.3 is 85.8 Å². The Morgan fingerprint density at radius 2 is 0.930 bits per heavy atom. The quantitative estimate of drug-likeness (QED) is 0.00338. The average molecular weight is 2170 g/mol. The van der Waals surface area contributed by atoms with Gasteiger partial charge in [0.15, 0.2) is 11.5 Å². The third-order valence-electron chi connectivity index (χ3n) is 22.2. The molecular formula is C87H116Br5ClF7N11O18. The van der Waals surface area contributed by atoms with Crippen molar-refractivity contribution in [2.24, 2.45) is 29.4 Å². The molecule has 10 atom stereocenters. The van der Waals surface area contributed by atoms with Crippen LogP contribution in [0.2, 0.25) is 0 Å². The molecule has 0 spiro atoms. The van der Waals surface area contributed by atoms with Gasteiger partial charge in [-0.05, 0) is 139 Å². The number of nitrogens with one attached hydrogen (secondary N) is 6. The molecule has 0 saturated carbocycles. The molecule has 129 heavy (non-hydrogen) atoms. The molecule has 7 aliphatic rings. The van der Waals surface area contributed by atoms with E-state index in [9.17, 15) is 59.8 Å². The number of hydrogen-bond donors (Lipinski definition) is 9. The zero-order chi connectivity index (χ0) is 95.3. The van der Waals surface area contributed by atoms with Crippen molar-refractivity contribution in [3.05, 3.63) is 212 Å². The minimum absolute atomic E-state index is 0. The first-order valence-electron chi connectivity index (χ1n) is 39.8. The highest BCUT2D eigenvalue weighted by molar-refractivity contribution is 9.19. The molecule has 2 amide bonds. The lowest BCUT2D eigenvalue weighted by molar-refractivity contribution is -0.173. The number of fused-ring (bicyclic) bond motifs is 2. The molecule has 7 fully saturated rings. The summed E-state index contributed by atoms with van der Waals surface area (Å²) in [4.78, 5) is 74.0. The van der Waals surface area contributed by atoms with E-state index in [1.165, 1.54) is 88.0 Å². The zero-order valence-electron chi connectivity index (χ0n) is 73.7. The molecule has 13 rings (SSSR count). The number of nitrogens with zero attached hydrogens (tertiary/aromatic N) is 4. The number of aldehydes is 1. The third-order valence-corrected chi connectivity index (χ3v) is 25.2. The van der Waals surface area contributed by atoms with Crippen LogP contribution < -0.4 is 37.6 Å². The minimum Gasteiger partial charge on any atom is -0.396 e. The molecule has 10 N–H and O–H groups in total. The van der Waals surface area contributed by atoms with E-state index in [4.69, 9.17) is 53.7 Å². The maximum Gasteiger partial charge on any atom is 0.271 e. The van der Waals surface area contributed by atoms with Crippen LogP contribution in [-0.2, 0) is 99.4 Å². The number of carbonyl (C=O) groups excluding carboxylic acids is 5. The number of amides is 2. The van der Waals surface area contributed by atoms with Gasteiger partial charge in [-0.2, -0.15) is 10.1 Å². The highest BCUT2D eigenvalue weighted by atomic mass is 79.9. The molecule has 718 valence electrons. The molecular weight excluding hydrogens is 2050 g/mol. The van der Waals surface area contributed by atoms with Crippen molar-refractivity contribution in [2.45, 2.75) is 33.4 Å². The van der Waals surface area contributed by atoms with E-state index in [0.717, 1.165) is 37.9 Å². The molecule has 6 aromatic carbocycles. The average Bonchev–Trinajstić information content (AvgIpc) is 1.60. The van der Waals surface area contributed by atoms with Crippen LogP contribution in [0.1, 0.15) is 38.2 Å². The number of hydrogen-bond acceptors (Lipinski definition) is 27. The Balaban J connectivity index is 0.000000309. The Labute approximate surface area is 796 Å². The highest BCUT2D eigenvalue weighted by Gasteiger charge is 2.59. The number of anilines is 4. The van der Waals surface area contributed by atoms with E-state index in [2.05, 4.69) is 134 Å². The Bertz CT molecular complexity index is 4540. The number of rotatable bonds is 27. The monoisotopic (exact) mass is 2170 g/mol. The molecule has 0 aliphatic carbocycles. The van der Waals surface area contributed by atoms with Gasteiger partial charge in [0, 0.05) is 134 Å². The first-order valence-corrected chi connectivity index (χ1v) is 44.4. The van der Waals surface area contributed by atoms with Crippen molar-refractivity contribution in [3.8, 4) is 0 Å². The Hall–Kier alpha value is -6.57. The summed E-state index contributed by atoms with van der Waals surface area (Å²) >= 11 is 15.2. The van der Waals surface area contributed by atoms with Crippen LogP contribution >= 0.6 is 92.1 Å². The topological polar surface area (TPSA) is 338 Å². The predicted molar refractivity (Wildman–Crippen MR) is 497 cm³/mol. The van der Waals surface area contributed by atoms with Crippen molar-refractivity contribution in [1.29, 1.82) is 0 Å². The molecule has 0 aromatic heterocycles. The molecule has 42 heteroatoms. The standard InChI is InChI=1S/C13H17FN2O2.C13H19FN2O2.C13H17FN2O2.C12H13BrFNO2.C12H16F2N2O2.C11H10BrFO2.C7H13NO3.C4H8BrNO2.C2H2Br2O.ClH/c1-15-10-3-4-12(14)11(5-10)13-8-17-6-9(13)7-18-16(13)2;2*1-15-10-3-4-12(14)11(5-10)13(16-2)8-18-7-9(13)6-17;1-15-12(7-16-5-8(12)6-17-15)10-4-9(13)2-3-11(10)14;1-16-8-2-3-10(13)9(4-8)12(15)7-18-6-11(12,14)5-17;1-2-5-15-7-11(14)9-6-8(12)3-4-10(9)13;1-4-5-11-6-7(9)8(2)10-3;1-6(8-2)4(7)3-5;3-1-2(4)5;/h3-5,9,15H,6-8H2,1-2H3;3-5,9,15-17H,6-8H2,1-2H3;3-6,9,15-16H,7-8H2,1-2H3;2-4,8H,5-7H2,1H3;2-4,16-17H,5-7,15H2,1H3;2-4,6H,1,5,7H2;4H,1,5-6H2,2-3H3;3H2,1-2H3;1H2;1H. The van der Waals surface area contributed by atoms with Gasteiger partial charge in [0.1, 0.15) is 71.0 Å². The first-order chi connectivity index (χ1) is 61.0. The number of ketones is 1. The fourth-order valence-electron chi connectivity index (χ4n) is 14.5. The van der Waals surface area contributed by atoms with Crippen LogP contribution in [0.4, 0.5) is 53.5 Å². The molecule has 6 aromatic rings. The SMILES string of the molecule is C=CCOCC(=O)N(C)OC.C=CCOCC(=O)c1cc(Br)ccc1F.CN1OCC2COCC21c1cc(Br)ccc1F.CNc1ccc(F)c(C2(N)COCC2(F)CO)c1.CNc1ccc(F)c(C2(NC)COCC2C=O)c1.CNc1ccc(F)c(C2(NC)COCC2CO)c1.CNc1ccc(F)c(C23COCC2CON3C)c1.CON(C)C(=O)CBr.Cl.O=C(Br)CBr. The van der Waals surface area contributed by atoms with Crippen LogP contribution in [0.3, 0.4) is 0 Å². The van der Waals surface area contributed by atoms with Gasteiger partial charge in [0.25, 0.3) is 11.8 Å². The fraction of sp³-hybridized carbons (Fsp3) is 0.483. The summed E-state index contributed by atoms with van der Waals surface area (Å²) in [6.07, 6.45) is 3.94. The summed E-state index contributed by atoms with van der Waals surface area (Å²) in [6, 6.07) is 28.2. The van der Waals surface area contributed by atoms with E-state index in [0.29, 0.717) is 109 Å². The van der Waals surface area contributed by atoms with Gasteiger partial charge in [-0.15, -0.1) is 25.6 Å². The lowest BCUT2D eigenvalue weighted by Crippen LogP contribution is -2.57. The minimum atomic E-state index is -2.18. The lowest BCUT2D eigenvalue weighted by Gasteiger charge is -2.34. The number of benzene rings is 6. The Morgan fingerprint density at radius 3 is 1.36 bits per heavy atom. The molecule has 0 radical (unpaired) electrons. The van der Waals surface area contributed by atoms with Gasteiger partial charge in [0.2, 0.25) is 4.69 Å². The number of Topliss-reactive ketones (excluding diaryl/α,β-unsaturated/α-hetero) is 1. The normalized spacial score (nSPS) is 23.6. The van der Waals surface area contributed by atoms with Crippen molar-refractivity contribution in [1.82, 2.24) is 30.9 Å². The second-order valence-corrected chi connectivity index (χ2v) is 33.2. The number of halogens is 13. The van der Waals surface area contributed by atoms with Crippen LogP contribution in [0.5, 0.6) is 0 Å². The zero-order valence-corrected chi connectivity index (χ0v) is 82.5. The van der Waals surface area contributed by atoms with E-state index in [1.807, 2.05) is 33.3 Å². The van der Waals surface area contributed by atoms with E-state index in [-0.39, 0.29) is 139 Å². The highest BCUT2D eigenvalue weighted by Crippen LogP contribution is 2.49. The molecule has 7 saturated heterocycles. The van der Waals surface area contributed by atoms with Crippen molar-refractivity contribution >= 4 is 143 Å². The summed E-state index contributed by atoms with van der Waals surface area (Å²) in [6.45, 7) is 10.8. The summed E-state index contributed by atoms with van der Waals surface area (Å²) in [5.74, 6) is -3.02. The summed E-state index contributed by atoms with van der Waals surface area (Å²) in [5.41, 5.74) is 5.18. The summed E-state index contributed by atoms with van der Waals surface area (Å²) in [5, 5.41) is 43.1.